The SMILES string of the molecule is C.C.C.C.C.CC(=O)O.CC1(C)OB(B2OC(C)(C)C(C)(C)O2)OC1(C)C.CC1(C)OB(c2ccc(C3=CCC(N=S(C)(C)=O)CC3)cc2)OC1(C)C.N#[N+]c1ccc(Br)cc1.NC1CC=C(c2ccc(Br)cc2)CC1. The lowest BCUT2D eigenvalue weighted by atomic mass is 9.49. The summed E-state index contributed by atoms with van der Waals surface area (Å²) < 4.78 is 54.5. The fraction of sp³-hybridized carbons (Fsp3) is 0.596. The molecule has 2 unspecified atom stereocenters. The molecule has 3 aliphatic heterocycles. The first-order valence-corrected chi connectivity index (χ1v) is 28.1. The first-order valence-electron chi connectivity index (χ1n) is 24.2. The summed E-state index contributed by atoms with van der Waals surface area (Å²) in [6.07, 6.45) is 14.0. The Morgan fingerprint density at radius 1 is 0.618 bits per heavy atom. The minimum atomic E-state index is -2.02. The normalized spacial score (nSPS) is 21.5. The molecule has 76 heavy (non-hydrogen) atoms. The highest BCUT2D eigenvalue weighted by Gasteiger charge is 2.63. The van der Waals surface area contributed by atoms with Crippen molar-refractivity contribution in [3.8, 4) is 0 Å². The van der Waals surface area contributed by atoms with Gasteiger partial charge in [-0.15, -0.1) is 0 Å². The summed E-state index contributed by atoms with van der Waals surface area (Å²) in [5.41, 5.74) is 10.7. The average Bonchev–Trinajstić information content (AvgIpc) is 3.74. The van der Waals surface area contributed by atoms with Crippen molar-refractivity contribution in [2.45, 2.75) is 211 Å². The van der Waals surface area contributed by atoms with Crippen LogP contribution in [0.4, 0.5) is 5.69 Å². The molecule has 0 bridgehead atoms. The van der Waals surface area contributed by atoms with Gasteiger partial charge in [0.25, 0.3) is 5.97 Å². The lowest BCUT2D eigenvalue weighted by Gasteiger charge is -2.32. The molecule has 13 nitrogen and oxygen atoms in total. The summed E-state index contributed by atoms with van der Waals surface area (Å²) >= 11 is 6.69. The number of nitrogens with zero attached hydrogens (tertiary/aromatic N) is 3. The Hall–Kier alpha value is -3.15. The number of diazo groups is 1. The van der Waals surface area contributed by atoms with E-state index in [0.717, 1.165) is 59.9 Å². The monoisotopic (exact) mass is 1200 g/mol. The molecule has 19 heteroatoms. The van der Waals surface area contributed by atoms with Crippen molar-refractivity contribution in [2.75, 3.05) is 12.5 Å². The Balaban J connectivity index is 0. The molecule has 3 saturated heterocycles. The van der Waals surface area contributed by atoms with Crippen molar-refractivity contribution in [1.29, 1.82) is 5.39 Å². The third kappa shape index (κ3) is 21.5. The fourth-order valence-corrected chi connectivity index (χ4v) is 9.10. The molecular weight excluding hydrogens is 1110 g/mol. The van der Waals surface area contributed by atoms with Crippen molar-refractivity contribution in [2.24, 2.45) is 10.1 Å². The molecule has 2 aliphatic carbocycles. The molecule has 0 aromatic heterocycles. The van der Waals surface area contributed by atoms with Crippen LogP contribution in [-0.4, -0.2) is 94.6 Å². The van der Waals surface area contributed by atoms with E-state index < -0.39 is 29.7 Å². The Kier molecular flexibility index (Phi) is 30.0. The Labute approximate surface area is 479 Å². The fourth-order valence-electron chi connectivity index (χ4n) is 7.66. The van der Waals surface area contributed by atoms with E-state index in [9.17, 15) is 4.21 Å². The topological polar surface area (TPSA) is 176 Å². The summed E-state index contributed by atoms with van der Waals surface area (Å²) in [5.74, 6) is -0.833. The van der Waals surface area contributed by atoms with Gasteiger partial charge in [-0.3, -0.25) is 9.00 Å². The third-order valence-corrected chi connectivity index (χ3v) is 15.8. The van der Waals surface area contributed by atoms with Crippen molar-refractivity contribution in [3.63, 3.8) is 0 Å². The highest BCUT2D eigenvalue weighted by Crippen LogP contribution is 2.43. The molecule has 3 heterocycles. The van der Waals surface area contributed by atoms with Crippen molar-refractivity contribution >= 4 is 91.0 Å². The van der Waals surface area contributed by atoms with Crippen molar-refractivity contribution in [3.05, 3.63) is 110 Å². The maximum Gasteiger partial charge on any atom is 0.494 e. The maximum atomic E-state index is 11.9. The third-order valence-electron chi connectivity index (χ3n) is 14.0. The second kappa shape index (κ2) is 30.4. The van der Waals surface area contributed by atoms with Gasteiger partial charge < -0.3 is 38.8 Å². The van der Waals surface area contributed by atoms with Gasteiger partial charge in [0, 0.05) is 56.3 Å². The number of rotatable bonds is 5. The van der Waals surface area contributed by atoms with Gasteiger partial charge >= 0.3 is 26.8 Å². The van der Waals surface area contributed by atoms with Crippen LogP contribution in [0.15, 0.2) is 98.3 Å². The Morgan fingerprint density at radius 3 is 1.26 bits per heavy atom. The zero-order valence-electron chi connectivity index (χ0n) is 44.5. The van der Waals surface area contributed by atoms with Crippen LogP contribution in [0, 0.1) is 5.39 Å². The number of nitrogens with two attached hydrogens (primary N) is 1. The van der Waals surface area contributed by atoms with Crippen LogP contribution in [0.3, 0.4) is 0 Å². The lowest BCUT2D eigenvalue weighted by molar-refractivity contribution is -0.134. The molecule has 3 N–H and O–H groups in total. The van der Waals surface area contributed by atoms with Gasteiger partial charge in [0.05, 0.1) is 39.6 Å². The zero-order valence-corrected chi connectivity index (χ0v) is 48.5. The second-order valence-electron chi connectivity index (χ2n) is 21.8. The van der Waals surface area contributed by atoms with Gasteiger partial charge in [-0.25, -0.2) is 4.36 Å². The average molecular weight is 1210 g/mol. The van der Waals surface area contributed by atoms with Crippen LogP contribution in [0.25, 0.3) is 16.1 Å². The number of carboxylic acids is 1. The number of carbonyl (C=O) groups is 1. The summed E-state index contributed by atoms with van der Waals surface area (Å²) in [7, 11) is -3.29. The van der Waals surface area contributed by atoms with E-state index in [2.05, 4.69) is 130 Å². The first-order chi connectivity index (χ1) is 32.7. The van der Waals surface area contributed by atoms with Gasteiger partial charge in [0.15, 0.2) is 4.98 Å². The van der Waals surface area contributed by atoms with Crippen LogP contribution in [0.1, 0.15) is 177 Å². The Bertz CT molecular complexity index is 2410. The van der Waals surface area contributed by atoms with Crippen LogP contribution in [-0.2, 0) is 42.4 Å². The predicted molar refractivity (Wildman–Crippen MR) is 332 cm³/mol. The summed E-state index contributed by atoms with van der Waals surface area (Å²) in [4.78, 5) is 12.0. The number of benzene rings is 3. The van der Waals surface area contributed by atoms with E-state index in [1.165, 1.54) is 22.3 Å². The van der Waals surface area contributed by atoms with E-state index >= 15 is 0 Å². The van der Waals surface area contributed by atoms with Gasteiger partial charge in [-0.2, -0.15) is 0 Å². The van der Waals surface area contributed by atoms with E-state index in [4.69, 9.17) is 49.0 Å². The van der Waals surface area contributed by atoms with Gasteiger partial charge in [0.2, 0.25) is 5.39 Å². The molecule has 0 radical (unpaired) electrons. The molecule has 8 rings (SSSR count). The molecule has 3 aromatic rings. The Morgan fingerprint density at radius 2 is 0.947 bits per heavy atom. The van der Waals surface area contributed by atoms with Crippen LogP contribution < -0.4 is 11.2 Å². The summed E-state index contributed by atoms with van der Waals surface area (Å²) in [6, 6.07) is 24.6. The van der Waals surface area contributed by atoms with E-state index in [-0.39, 0.29) is 83.9 Å². The number of halogens is 2. The molecule has 5 aliphatic rings. The smallest absolute Gasteiger partial charge is 0.481 e. The molecule has 3 fully saturated rings. The number of allylic oxidation sites excluding steroid dienone is 2. The molecule has 2 atom stereocenters. The van der Waals surface area contributed by atoms with E-state index in [0.29, 0.717) is 11.7 Å². The summed E-state index contributed by atoms with van der Waals surface area (Å²) in [6.45, 7) is 25.6. The quantitative estimate of drug-likeness (QED) is 0.184. The van der Waals surface area contributed by atoms with Gasteiger partial charge in [-0.1, -0.05) is 118 Å². The minimum Gasteiger partial charge on any atom is -0.481 e. The van der Waals surface area contributed by atoms with Crippen LogP contribution >= 0.6 is 31.9 Å². The molecule has 3 aromatic carbocycles. The van der Waals surface area contributed by atoms with Gasteiger partial charge in [-0.05, 0) is 174 Å². The van der Waals surface area contributed by atoms with Crippen LogP contribution in [0.5, 0.6) is 0 Å². The standard InChI is InChI=1S/C20H30BNO3S.C12H24B2O4.C12H14BrN.C6H4BrN2.C2H4O2.5CH4/c1-19(2)20(3,4)25-21(24-19)17-11-7-15(8-12-17)16-9-13-18(14-10-16)22-26(5,6)23;1-9(2)10(3,4)16-13(15-9)14-17-11(5,6)12(7,8)18-14;13-11-5-1-9(2-6-11)10-3-7-12(14)8-4-10;7-5-1-3-6(9-8)4-2-5;1-2(3)4;;;;;/h7-9,11-12,18H,10,13-14H2,1-6H3;1-8H3;1-3,5-6,12H,4,7-8,14H2;1-4H;1H3,(H,3,4);5*1H4/q;;;+1;;;;;;. The number of hydrogen-bond donors (Lipinski definition) is 2. The number of carboxylic acid groups (broad SMARTS) is 1. The van der Waals surface area contributed by atoms with Crippen molar-refractivity contribution < 1.29 is 42.0 Å². The molecule has 0 spiro atoms. The second-order valence-corrected chi connectivity index (χ2v) is 26.2. The molecule has 426 valence electrons. The predicted octanol–water partition coefficient (Wildman–Crippen LogP) is 15.4. The molecule has 0 saturated carbocycles. The van der Waals surface area contributed by atoms with E-state index in [1.807, 2.05) is 67.5 Å². The molecule has 0 amide bonds. The number of hydrogen-bond acceptors (Lipinski definition) is 11. The first kappa shape index (κ1) is 74.9. The largest absolute Gasteiger partial charge is 0.494 e. The molecular formula is C57H96B3Br2N4O9S+. The maximum absolute atomic E-state index is 11.9. The highest BCUT2D eigenvalue weighted by atomic mass is 79.9. The number of aliphatic carboxylic acids is 1. The van der Waals surface area contributed by atoms with Crippen molar-refractivity contribution in [1.82, 2.24) is 0 Å². The summed E-state index contributed by atoms with van der Waals surface area (Å²) in [5, 5.41) is 15.7. The lowest BCUT2D eigenvalue weighted by Crippen LogP contribution is -2.41. The zero-order chi connectivity index (χ0) is 53.4. The highest BCUT2D eigenvalue weighted by molar-refractivity contribution is 9.10. The van der Waals surface area contributed by atoms with Crippen LogP contribution in [0.2, 0.25) is 0 Å². The van der Waals surface area contributed by atoms with Gasteiger partial charge in [0.1, 0.15) is 0 Å². The minimum absolute atomic E-state index is 0. The van der Waals surface area contributed by atoms with E-state index in [1.54, 1.807) is 24.6 Å².